The summed E-state index contributed by atoms with van der Waals surface area (Å²) in [5.41, 5.74) is 1.09. The van der Waals surface area contributed by atoms with Crippen molar-refractivity contribution >= 4 is 29.9 Å². The number of benzene rings is 1. The van der Waals surface area contributed by atoms with Gasteiger partial charge in [-0.1, -0.05) is 33.8 Å². The minimum atomic E-state index is -0.0941. The highest BCUT2D eigenvalue weighted by atomic mass is 127. The molecular formula is C23H43IN4O2. The van der Waals surface area contributed by atoms with Crippen LogP contribution in [0.1, 0.15) is 53.0 Å². The minimum absolute atomic E-state index is 0. The summed E-state index contributed by atoms with van der Waals surface area (Å²) in [4.78, 5) is 6.86. The van der Waals surface area contributed by atoms with E-state index in [9.17, 15) is 0 Å². The zero-order chi connectivity index (χ0) is 21.9. The van der Waals surface area contributed by atoms with Crippen LogP contribution in [0.25, 0.3) is 0 Å². The zero-order valence-corrected chi connectivity index (χ0v) is 22.5. The summed E-state index contributed by atoms with van der Waals surface area (Å²) in [7, 11) is 5.14. The Balaban J connectivity index is 0.00000841. The summed E-state index contributed by atoms with van der Waals surface area (Å²) in [6.07, 6.45) is 2.31. The molecule has 0 saturated heterocycles. The number of aliphatic imine (C=N–C) groups is 1. The van der Waals surface area contributed by atoms with Gasteiger partial charge in [0.2, 0.25) is 0 Å². The molecule has 1 atom stereocenters. The second kappa shape index (κ2) is 14.7. The predicted octanol–water partition coefficient (Wildman–Crippen LogP) is 4.27. The van der Waals surface area contributed by atoms with Gasteiger partial charge in [0.25, 0.3) is 0 Å². The number of halogens is 1. The lowest BCUT2D eigenvalue weighted by Gasteiger charge is -2.28. The fraction of sp³-hybridized carbons (Fsp3) is 0.696. The Morgan fingerprint density at radius 3 is 2.30 bits per heavy atom. The normalized spacial score (nSPS) is 12.9. The van der Waals surface area contributed by atoms with Crippen LogP contribution in [0.2, 0.25) is 0 Å². The highest BCUT2D eigenvalue weighted by Gasteiger charge is 2.23. The first-order chi connectivity index (χ1) is 13.8. The van der Waals surface area contributed by atoms with Crippen molar-refractivity contribution in [2.75, 3.05) is 47.4 Å². The van der Waals surface area contributed by atoms with Gasteiger partial charge in [-0.15, -0.1) is 24.0 Å². The van der Waals surface area contributed by atoms with Gasteiger partial charge >= 0.3 is 0 Å². The van der Waals surface area contributed by atoms with E-state index in [1.54, 1.807) is 14.2 Å². The molecule has 30 heavy (non-hydrogen) atoms. The number of guanidine groups is 1. The van der Waals surface area contributed by atoms with Crippen molar-refractivity contribution < 1.29 is 9.47 Å². The van der Waals surface area contributed by atoms with E-state index in [2.05, 4.69) is 61.2 Å². The Bertz CT molecular complexity index is 634. The highest BCUT2D eigenvalue weighted by Crippen LogP contribution is 2.32. The Kier molecular flexibility index (Phi) is 14.1. The van der Waals surface area contributed by atoms with Crippen molar-refractivity contribution in [3.8, 4) is 11.5 Å². The van der Waals surface area contributed by atoms with Crippen LogP contribution >= 0.6 is 24.0 Å². The molecule has 174 valence electrons. The molecule has 1 aromatic rings. The van der Waals surface area contributed by atoms with Gasteiger partial charge in [-0.05, 0) is 57.1 Å². The van der Waals surface area contributed by atoms with E-state index in [0.717, 1.165) is 50.1 Å². The summed E-state index contributed by atoms with van der Waals surface area (Å²) in [6, 6.07) is 6.48. The largest absolute Gasteiger partial charge is 0.493 e. The maximum Gasteiger partial charge on any atom is 0.191 e. The fourth-order valence-corrected chi connectivity index (χ4v) is 3.33. The summed E-state index contributed by atoms with van der Waals surface area (Å²) in [5, 5.41) is 7.00. The molecule has 0 aromatic heterocycles. The first-order valence-corrected chi connectivity index (χ1v) is 10.7. The molecule has 1 rings (SSSR count). The lowest BCUT2D eigenvalue weighted by molar-refractivity contribution is 0.292. The van der Waals surface area contributed by atoms with E-state index in [4.69, 9.17) is 9.47 Å². The van der Waals surface area contributed by atoms with Gasteiger partial charge in [0.1, 0.15) is 0 Å². The molecule has 2 N–H and O–H groups in total. The monoisotopic (exact) mass is 534 g/mol. The molecule has 0 bridgehead atoms. The van der Waals surface area contributed by atoms with Crippen LogP contribution in [0.15, 0.2) is 23.2 Å². The van der Waals surface area contributed by atoms with E-state index in [0.29, 0.717) is 6.04 Å². The van der Waals surface area contributed by atoms with Crippen molar-refractivity contribution in [2.24, 2.45) is 4.99 Å². The Morgan fingerprint density at radius 1 is 1.13 bits per heavy atom. The van der Waals surface area contributed by atoms with E-state index in [1.807, 2.05) is 19.2 Å². The fourth-order valence-electron chi connectivity index (χ4n) is 3.33. The molecule has 0 radical (unpaired) electrons. The molecule has 0 spiro atoms. The molecular weight excluding hydrogens is 491 g/mol. The lowest BCUT2D eigenvalue weighted by atomic mass is 9.84. The molecule has 0 saturated carbocycles. The Morgan fingerprint density at radius 2 is 1.77 bits per heavy atom. The van der Waals surface area contributed by atoms with Crippen LogP contribution in [-0.4, -0.2) is 64.3 Å². The maximum atomic E-state index is 5.46. The van der Waals surface area contributed by atoms with Crippen molar-refractivity contribution in [3.63, 3.8) is 0 Å². The Labute approximate surface area is 201 Å². The lowest BCUT2D eigenvalue weighted by Crippen LogP contribution is -2.46. The van der Waals surface area contributed by atoms with Crippen molar-refractivity contribution in [1.82, 2.24) is 15.5 Å². The number of nitrogens with zero attached hydrogens (tertiary/aromatic N) is 2. The van der Waals surface area contributed by atoms with Gasteiger partial charge in [0.15, 0.2) is 17.5 Å². The van der Waals surface area contributed by atoms with Gasteiger partial charge in [-0.2, -0.15) is 0 Å². The molecule has 0 aliphatic carbocycles. The van der Waals surface area contributed by atoms with Crippen LogP contribution in [0.3, 0.4) is 0 Å². The van der Waals surface area contributed by atoms with Crippen LogP contribution in [-0.2, 0) is 5.41 Å². The van der Waals surface area contributed by atoms with Crippen LogP contribution in [0, 0.1) is 0 Å². The predicted molar refractivity (Wildman–Crippen MR) is 139 cm³/mol. The van der Waals surface area contributed by atoms with Gasteiger partial charge in [0, 0.05) is 25.0 Å². The number of hydrogen-bond acceptors (Lipinski definition) is 4. The molecule has 0 amide bonds. The number of nitrogens with one attached hydrogen (secondary N) is 2. The maximum absolute atomic E-state index is 5.46. The third-order valence-corrected chi connectivity index (χ3v) is 5.48. The molecule has 0 fully saturated rings. The van der Waals surface area contributed by atoms with Crippen molar-refractivity contribution in [3.05, 3.63) is 23.8 Å². The SMILES string of the molecule is CCN(CC)CCCC(C)NC(=NC)NCC(C)(C)c1ccc(OC)c(OC)c1.I. The van der Waals surface area contributed by atoms with E-state index in [-0.39, 0.29) is 29.4 Å². The third-order valence-electron chi connectivity index (χ3n) is 5.48. The van der Waals surface area contributed by atoms with Gasteiger partial charge in [-0.3, -0.25) is 4.99 Å². The smallest absolute Gasteiger partial charge is 0.191 e. The number of methoxy groups -OCH3 is 2. The van der Waals surface area contributed by atoms with Crippen molar-refractivity contribution in [1.29, 1.82) is 0 Å². The Hall–Kier alpha value is -1.22. The highest BCUT2D eigenvalue weighted by molar-refractivity contribution is 14.0. The molecule has 0 aliphatic rings. The van der Waals surface area contributed by atoms with Crippen LogP contribution < -0.4 is 20.1 Å². The van der Waals surface area contributed by atoms with Crippen LogP contribution in [0.5, 0.6) is 11.5 Å². The van der Waals surface area contributed by atoms with Gasteiger partial charge in [0.05, 0.1) is 14.2 Å². The standard InChI is InChI=1S/C23H42N4O2.HI/c1-9-27(10-2)15-11-12-18(3)26-22(24-6)25-17-23(4,5)19-13-14-20(28-7)21(16-19)29-8;/h13-14,16,18H,9-12,15,17H2,1-8H3,(H2,24,25,26);1H. The van der Waals surface area contributed by atoms with E-state index in [1.165, 1.54) is 12.0 Å². The molecule has 7 heteroatoms. The topological polar surface area (TPSA) is 58.1 Å². The van der Waals surface area contributed by atoms with Crippen LogP contribution in [0.4, 0.5) is 0 Å². The first-order valence-electron chi connectivity index (χ1n) is 10.7. The average molecular weight is 535 g/mol. The van der Waals surface area contributed by atoms with Gasteiger partial charge < -0.3 is 25.0 Å². The second-order valence-electron chi connectivity index (χ2n) is 8.09. The molecule has 0 heterocycles. The minimum Gasteiger partial charge on any atom is -0.493 e. The summed E-state index contributed by atoms with van der Waals surface area (Å²) < 4.78 is 10.8. The molecule has 6 nitrogen and oxygen atoms in total. The summed E-state index contributed by atoms with van der Waals surface area (Å²) >= 11 is 0. The molecule has 1 unspecified atom stereocenters. The number of hydrogen-bond donors (Lipinski definition) is 2. The average Bonchev–Trinajstić information content (AvgIpc) is 2.73. The second-order valence-corrected chi connectivity index (χ2v) is 8.09. The molecule has 0 aliphatic heterocycles. The number of ether oxygens (including phenoxy) is 2. The molecule has 1 aromatic carbocycles. The summed E-state index contributed by atoms with van der Waals surface area (Å²) in [6.45, 7) is 15.2. The van der Waals surface area contributed by atoms with Crippen molar-refractivity contribution in [2.45, 2.75) is 58.9 Å². The van der Waals surface area contributed by atoms with E-state index >= 15 is 0 Å². The summed E-state index contributed by atoms with van der Waals surface area (Å²) in [5.74, 6) is 2.34. The quantitative estimate of drug-likeness (QED) is 0.238. The number of rotatable bonds is 12. The zero-order valence-electron chi connectivity index (χ0n) is 20.2. The first kappa shape index (κ1) is 28.8. The third kappa shape index (κ3) is 9.29. The van der Waals surface area contributed by atoms with Gasteiger partial charge in [-0.25, -0.2) is 0 Å². The van der Waals surface area contributed by atoms with E-state index < -0.39 is 0 Å².